The van der Waals surface area contributed by atoms with E-state index in [1.54, 1.807) is 12.1 Å². The molecule has 1 N–H and O–H groups in total. The molecular formula is C10H10F2O. The Bertz CT molecular complexity index is 323. The van der Waals surface area contributed by atoms with E-state index in [9.17, 15) is 13.9 Å². The van der Waals surface area contributed by atoms with Gasteiger partial charge in [-0.3, -0.25) is 0 Å². The highest BCUT2D eigenvalue weighted by Crippen LogP contribution is 2.36. The topological polar surface area (TPSA) is 20.2 Å². The molecule has 3 heteroatoms. The van der Waals surface area contributed by atoms with E-state index in [-0.39, 0.29) is 5.56 Å². The molecule has 70 valence electrons. The molecule has 0 heterocycles. The molecule has 13 heavy (non-hydrogen) atoms. The van der Waals surface area contributed by atoms with Crippen molar-refractivity contribution in [3.63, 3.8) is 0 Å². The van der Waals surface area contributed by atoms with E-state index in [0.29, 0.717) is 24.0 Å². The Morgan fingerprint density at radius 1 is 1.38 bits per heavy atom. The monoisotopic (exact) mass is 184 g/mol. The van der Waals surface area contributed by atoms with Crippen LogP contribution in [0.25, 0.3) is 0 Å². The number of benzene rings is 1. The van der Waals surface area contributed by atoms with Crippen LogP contribution in [0.15, 0.2) is 18.2 Å². The summed E-state index contributed by atoms with van der Waals surface area (Å²) in [7, 11) is 0. The zero-order valence-corrected chi connectivity index (χ0v) is 7.00. The van der Waals surface area contributed by atoms with Crippen molar-refractivity contribution in [1.29, 1.82) is 0 Å². The quantitative estimate of drug-likeness (QED) is 0.711. The molecular weight excluding hydrogens is 174 g/mol. The lowest BCUT2D eigenvalue weighted by Gasteiger charge is -2.07. The maximum Gasteiger partial charge on any atom is 0.264 e. The van der Waals surface area contributed by atoms with Gasteiger partial charge in [0.15, 0.2) is 0 Å². The van der Waals surface area contributed by atoms with Crippen molar-refractivity contribution in [1.82, 2.24) is 0 Å². The van der Waals surface area contributed by atoms with Gasteiger partial charge in [0.25, 0.3) is 6.43 Å². The van der Waals surface area contributed by atoms with Crippen LogP contribution in [-0.4, -0.2) is 5.11 Å². The predicted octanol–water partition coefficient (Wildman–Crippen LogP) is 2.60. The molecule has 1 aromatic carbocycles. The second kappa shape index (κ2) is 3.07. The number of rotatable bonds is 1. The van der Waals surface area contributed by atoms with Crippen molar-refractivity contribution >= 4 is 0 Å². The van der Waals surface area contributed by atoms with Crippen LogP contribution in [-0.2, 0) is 6.42 Å². The van der Waals surface area contributed by atoms with E-state index in [2.05, 4.69) is 0 Å². The molecule has 0 aliphatic heterocycles. The lowest BCUT2D eigenvalue weighted by Crippen LogP contribution is -1.94. The molecule has 1 nitrogen and oxygen atoms in total. The fourth-order valence-electron chi connectivity index (χ4n) is 1.87. The Kier molecular flexibility index (Phi) is 2.04. The highest BCUT2D eigenvalue weighted by atomic mass is 19.3. The molecule has 0 fully saturated rings. The first kappa shape index (κ1) is 8.63. The summed E-state index contributed by atoms with van der Waals surface area (Å²) in [6.45, 7) is 0. The number of hydrogen-bond acceptors (Lipinski definition) is 1. The minimum absolute atomic E-state index is 0.0778. The summed E-state index contributed by atoms with van der Waals surface area (Å²) in [5.74, 6) is 0. The van der Waals surface area contributed by atoms with E-state index in [0.717, 1.165) is 0 Å². The maximum atomic E-state index is 12.5. The van der Waals surface area contributed by atoms with Crippen molar-refractivity contribution in [2.24, 2.45) is 0 Å². The van der Waals surface area contributed by atoms with Gasteiger partial charge in [-0.05, 0) is 24.0 Å². The Morgan fingerprint density at radius 2 is 2.15 bits per heavy atom. The third-order valence-corrected chi connectivity index (χ3v) is 2.51. The Balaban J connectivity index is 2.51. The predicted molar refractivity (Wildman–Crippen MR) is 44.7 cm³/mol. The summed E-state index contributed by atoms with van der Waals surface area (Å²) in [5, 5.41) is 9.44. The highest BCUT2D eigenvalue weighted by molar-refractivity contribution is 5.40. The van der Waals surface area contributed by atoms with E-state index in [4.69, 9.17) is 0 Å². The van der Waals surface area contributed by atoms with E-state index in [1.807, 2.05) is 0 Å². The summed E-state index contributed by atoms with van der Waals surface area (Å²) >= 11 is 0. The molecule has 1 aliphatic carbocycles. The Hall–Kier alpha value is -0.960. The summed E-state index contributed by atoms with van der Waals surface area (Å²) in [6, 6.07) is 4.73. The second-order valence-electron chi connectivity index (χ2n) is 3.27. The van der Waals surface area contributed by atoms with Gasteiger partial charge in [-0.25, -0.2) is 8.78 Å². The van der Waals surface area contributed by atoms with Crippen molar-refractivity contribution in [3.8, 4) is 0 Å². The van der Waals surface area contributed by atoms with Gasteiger partial charge in [0.05, 0.1) is 6.10 Å². The van der Waals surface area contributed by atoms with Crippen LogP contribution < -0.4 is 0 Å². The molecule has 0 unspecified atom stereocenters. The van der Waals surface area contributed by atoms with Crippen molar-refractivity contribution in [2.75, 3.05) is 0 Å². The summed E-state index contributed by atoms with van der Waals surface area (Å²) in [6.07, 6.45) is -1.84. The molecule has 1 atom stereocenters. The zero-order valence-electron chi connectivity index (χ0n) is 7.00. The van der Waals surface area contributed by atoms with Crippen molar-refractivity contribution < 1.29 is 13.9 Å². The van der Waals surface area contributed by atoms with Crippen LogP contribution in [0.1, 0.15) is 35.6 Å². The first-order valence-electron chi connectivity index (χ1n) is 4.28. The second-order valence-corrected chi connectivity index (χ2v) is 3.27. The average molecular weight is 184 g/mol. The molecule has 0 radical (unpaired) electrons. The fourth-order valence-corrected chi connectivity index (χ4v) is 1.87. The van der Waals surface area contributed by atoms with Gasteiger partial charge in [-0.1, -0.05) is 18.2 Å². The van der Waals surface area contributed by atoms with Crippen LogP contribution in [0.5, 0.6) is 0 Å². The zero-order chi connectivity index (χ0) is 9.42. The van der Waals surface area contributed by atoms with E-state index in [1.165, 1.54) is 6.07 Å². The van der Waals surface area contributed by atoms with Crippen molar-refractivity contribution in [2.45, 2.75) is 25.4 Å². The summed E-state index contributed by atoms with van der Waals surface area (Å²) < 4.78 is 24.9. The van der Waals surface area contributed by atoms with Gasteiger partial charge < -0.3 is 5.11 Å². The summed E-state index contributed by atoms with van der Waals surface area (Å²) in [5.41, 5.74) is 1.40. The van der Waals surface area contributed by atoms with Crippen molar-refractivity contribution in [3.05, 3.63) is 34.9 Å². The van der Waals surface area contributed by atoms with Crippen LogP contribution in [0.2, 0.25) is 0 Å². The number of aliphatic hydroxyl groups excluding tert-OH is 1. The number of fused-ring (bicyclic) bond motifs is 1. The minimum Gasteiger partial charge on any atom is -0.388 e. The SMILES string of the molecule is O[C@H]1CCc2c(C(F)F)cccc21. The molecule has 1 aromatic rings. The molecule has 0 saturated heterocycles. The van der Waals surface area contributed by atoms with Gasteiger partial charge >= 0.3 is 0 Å². The smallest absolute Gasteiger partial charge is 0.264 e. The Morgan fingerprint density at radius 3 is 2.85 bits per heavy atom. The van der Waals surface area contributed by atoms with Gasteiger partial charge in [0, 0.05) is 5.56 Å². The third-order valence-electron chi connectivity index (χ3n) is 2.51. The van der Waals surface area contributed by atoms with E-state index < -0.39 is 12.5 Å². The molecule has 0 spiro atoms. The third kappa shape index (κ3) is 1.33. The number of aliphatic hydroxyl groups is 1. The number of alkyl halides is 2. The number of hydrogen-bond donors (Lipinski definition) is 1. The van der Waals surface area contributed by atoms with Gasteiger partial charge in [-0.2, -0.15) is 0 Å². The maximum absolute atomic E-state index is 12.5. The number of halogens is 2. The molecule has 0 aromatic heterocycles. The van der Waals surface area contributed by atoms with E-state index >= 15 is 0 Å². The molecule has 2 rings (SSSR count). The van der Waals surface area contributed by atoms with Gasteiger partial charge in [0.1, 0.15) is 0 Å². The van der Waals surface area contributed by atoms with Crippen LogP contribution in [0.3, 0.4) is 0 Å². The standard InChI is InChI=1S/C10H10F2O/c11-10(12)8-3-1-2-7-6(8)4-5-9(7)13/h1-3,9-10,13H,4-5H2/t9-/m0/s1. The lowest BCUT2D eigenvalue weighted by molar-refractivity contribution is 0.150. The van der Waals surface area contributed by atoms with Gasteiger partial charge in [-0.15, -0.1) is 0 Å². The highest BCUT2D eigenvalue weighted by Gasteiger charge is 2.25. The van der Waals surface area contributed by atoms with Gasteiger partial charge in [0.2, 0.25) is 0 Å². The minimum atomic E-state index is -2.43. The first-order valence-corrected chi connectivity index (χ1v) is 4.28. The molecule has 0 bridgehead atoms. The van der Waals surface area contributed by atoms with Crippen LogP contribution in [0, 0.1) is 0 Å². The fraction of sp³-hybridized carbons (Fsp3) is 0.400. The first-order chi connectivity index (χ1) is 6.20. The Labute approximate surface area is 75.0 Å². The van der Waals surface area contributed by atoms with Crippen LogP contribution in [0.4, 0.5) is 8.78 Å². The lowest BCUT2D eigenvalue weighted by atomic mass is 10.0. The largest absolute Gasteiger partial charge is 0.388 e. The summed E-state index contributed by atoms with van der Waals surface area (Å²) in [4.78, 5) is 0. The van der Waals surface area contributed by atoms with Crippen LogP contribution >= 0.6 is 0 Å². The normalized spacial score (nSPS) is 20.8. The average Bonchev–Trinajstić information content (AvgIpc) is 2.48. The molecule has 1 aliphatic rings. The molecule has 0 amide bonds. The molecule has 0 saturated carbocycles.